The van der Waals surface area contributed by atoms with Gasteiger partial charge in [0.2, 0.25) is 0 Å². The van der Waals surface area contributed by atoms with Crippen molar-refractivity contribution in [2.45, 2.75) is 52.8 Å². The Morgan fingerprint density at radius 2 is 2.04 bits per heavy atom. The molecule has 4 nitrogen and oxygen atoms in total. The summed E-state index contributed by atoms with van der Waals surface area (Å²) >= 11 is 3.51. The van der Waals surface area contributed by atoms with Crippen LogP contribution in [-0.2, 0) is 11.3 Å². The maximum absolute atomic E-state index is 12.2. The normalized spacial score (nSPS) is 19.7. The number of carbonyl (C=O) groups excluding carboxylic acids is 1. The van der Waals surface area contributed by atoms with E-state index in [2.05, 4.69) is 52.9 Å². The highest BCUT2D eigenvalue weighted by atomic mass is 79.9. The van der Waals surface area contributed by atoms with E-state index in [9.17, 15) is 4.79 Å². The minimum atomic E-state index is -0.438. The second-order valence-electron chi connectivity index (χ2n) is 7.32. The molecule has 1 aromatic rings. The fourth-order valence-corrected chi connectivity index (χ4v) is 3.25. The maximum Gasteiger partial charge on any atom is 0.410 e. The van der Waals surface area contributed by atoms with Gasteiger partial charge in [-0.05, 0) is 57.9 Å². The molecule has 1 aromatic carbocycles. The molecule has 1 aliphatic heterocycles. The Balaban J connectivity index is 1.95. The van der Waals surface area contributed by atoms with Crippen LogP contribution >= 0.6 is 15.9 Å². The Kier molecular flexibility index (Phi) is 5.74. The number of hydrogen-bond acceptors (Lipinski definition) is 3. The summed E-state index contributed by atoms with van der Waals surface area (Å²) in [6, 6.07) is 6.73. The Bertz CT molecular complexity index is 569. The first kappa shape index (κ1) is 18.3. The first-order valence-electron chi connectivity index (χ1n) is 8.13. The summed E-state index contributed by atoms with van der Waals surface area (Å²) in [7, 11) is 0. The van der Waals surface area contributed by atoms with Gasteiger partial charge in [-0.15, -0.1) is 0 Å². The molecule has 1 saturated heterocycles. The molecule has 1 amide bonds. The van der Waals surface area contributed by atoms with Gasteiger partial charge in [0, 0.05) is 36.7 Å². The van der Waals surface area contributed by atoms with Crippen molar-refractivity contribution in [1.82, 2.24) is 9.80 Å². The van der Waals surface area contributed by atoms with Gasteiger partial charge >= 0.3 is 6.09 Å². The molecule has 0 unspecified atom stereocenters. The summed E-state index contributed by atoms with van der Waals surface area (Å²) in [5.74, 6) is 0. The van der Waals surface area contributed by atoms with Crippen LogP contribution in [0.15, 0.2) is 22.7 Å². The smallest absolute Gasteiger partial charge is 0.410 e. The first-order chi connectivity index (χ1) is 10.7. The molecule has 23 heavy (non-hydrogen) atoms. The van der Waals surface area contributed by atoms with Crippen molar-refractivity contribution < 1.29 is 9.53 Å². The van der Waals surface area contributed by atoms with Crippen molar-refractivity contribution >= 4 is 22.0 Å². The molecule has 0 saturated carbocycles. The molecule has 0 aliphatic carbocycles. The van der Waals surface area contributed by atoms with E-state index in [0.717, 1.165) is 24.1 Å². The molecule has 0 aromatic heterocycles. The number of nitrogens with zero attached hydrogens (tertiary/aromatic N) is 2. The van der Waals surface area contributed by atoms with E-state index >= 15 is 0 Å². The van der Waals surface area contributed by atoms with Crippen LogP contribution in [0, 0.1) is 6.92 Å². The second-order valence-corrected chi connectivity index (χ2v) is 8.23. The number of piperazine rings is 1. The summed E-state index contributed by atoms with van der Waals surface area (Å²) in [6.07, 6.45) is -0.205. The van der Waals surface area contributed by atoms with Gasteiger partial charge in [0.05, 0.1) is 0 Å². The van der Waals surface area contributed by atoms with Gasteiger partial charge < -0.3 is 9.64 Å². The fourth-order valence-electron chi connectivity index (χ4n) is 2.78. The van der Waals surface area contributed by atoms with Crippen LogP contribution in [0.2, 0.25) is 0 Å². The molecule has 2 rings (SSSR count). The predicted molar refractivity (Wildman–Crippen MR) is 96.6 cm³/mol. The van der Waals surface area contributed by atoms with E-state index in [0.29, 0.717) is 12.6 Å². The largest absolute Gasteiger partial charge is 0.444 e. The Hall–Kier alpha value is -1.07. The number of benzene rings is 1. The van der Waals surface area contributed by atoms with E-state index < -0.39 is 5.60 Å². The van der Waals surface area contributed by atoms with Crippen LogP contribution < -0.4 is 0 Å². The van der Waals surface area contributed by atoms with Crippen LogP contribution in [-0.4, -0.2) is 47.2 Å². The Morgan fingerprint density at radius 1 is 1.35 bits per heavy atom. The van der Waals surface area contributed by atoms with E-state index in [1.807, 2.05) is 25.7 Å². The molecule has 0 N–H and O–H groups in total. The minimum absolute atomic E-state index is 0.205. The molecule has 5 heteroatoms. The third-order valence-corrected chi connectivity index (χ3v) is 4.59. The number of aryl methyl sites for hydroxylation is 1. The second kappa shape index (κ2) is 7.22. The molecule has 1 aliphatic rings. The van der Waals surface area contributed by atoms with Crippen molar-refractivity contribution in [3.8, 4) is 0 Å². The van der Waals surface area contributed by atoms with Crippen LogP contribution in [0.25, 0.3) is 0 Å². The fraction of sp³-hybridized carbons (Fsp3) is 0.611. The van der Waals surface area contributed by atoms with Gasteiger partial charge in [0.15, 0.2) is 0 Å². The number of ether oxygens (including phenoxy) is 1. The summed E-state index contributed by atoms with van der Waals surface area (Å²) in [5.41, 5.74) is 2.19. The van der Waals surface area contributed by atoms with Crippen molar-refractivity contribution in [2.24, 2.45) is 0 Å². The first-order valence-corrected chi connectivity index (χ1v) is 8.92. The lowest BCUT2D eigenvalue weighted by Crippen LogP contribution is -2.54. The Morgan fingerprint density at radius 3 is 2.61 bits per heavy atom. The summed E-state index contributed by atoms with van der Waals surface area (Å²) in [4.78, 5) is 16.4. The van der Waals surface area contributed by atoms with Crippen LogP contribution in [0.4, 0.5) is 4.79 Å². The Labute approximate surface area is 147 Å². The van der Waals surface area contributed by atoms with Crippen molar-refractivity contribution in [1.29, 1.82) is 0 Å². The molecule has 1 atom stereocenters. The summed E-state index contributed by atoms with van der Waals surface area (Å²) < 4.78 is 6.59. The molecule has 0 bridgehead atoms. The average molecular weight is 383 g/mol. The number of amides is 1. The van der Waals surface area contributed by atoms with E-state index in [4.69, 9.17) is 4.74 Å². The highest BCUT2D eigenvalue weighted by molar-refractivity contribution is 9.10. The zero-order valence-electron chi connectivity index (χ0n) is 14.7. The average Bonchev–Trinajstić information content (AvgIpc) is 2.41. The summed E-state index contributed by atoms with van der Waals surface area (Å²) in [6.45, 7) is 13.2. The molecule has 1 fully saturated rings. The zero-order chi connectivity index (χ0) is 17.2. The van der Waals surface area contributed by atoms with E-state index in [1.54, 1.807) is 0 Å². The standard InChI is InChI=1S/C18H27BrN2O2/c1-13-10-16(19)7-6-15(13)12-20-8-9-21(11-14(20)2)17(22)23-18(3,4)5/h6-7,10,14H,8-9,11-12H2,1-5H3/t14-/m1/s1. The number of rotatable bonds is 2. The van der Waals surface area contributed by atoms with Crippen LogP contribution in [0.3, 0.4) is 0 Å². The maximum atomic E-state index is 12.2. The SMILES string of the molecule is Cc1cc(Br)ccc1CN1CCN(C(=O)OC(C)(C)C)C[C@H]1C. The molecule has 0 spiro atoms. The molecule has 1 heterocycles. The van der Waals surface area contributed by atoms with E-state index in [1.165, 1.54) is 11.1 Å². The highest BCUT2D eigenvalue weighted by Crippen LogP contribution is 2.21. The van der Waals surface area contributed by atoms with E-state index in [-0.39, 0.29) is 6.09 Å². The summed E-state index contributed by atoms with van der Waals surface area (Å²) in [5, 5.41) is 0. The quantitative estimate of drug-likeness (QED) is 0.768. The third kappa shape index (κ3) is 5.21. The minimum Gasteiger partial charge on any atom is -0.444 e. The lowest BCUT2D eigenvalue weighted by atomic mass is 10.1. The van der Waals surface area contributed by atoms with Crippen LogP contribution in [0.5, 0.6) is 0 Å². The van der Waals surface area contributed by atoms with Crippen LogP contribution in [0.1, 0.15) is 38.8 Å². The van der Waals surface area contributed by atoms with Gasteiger partial charge in [-0.25, -0.2) is 4.79 Å². The van der Waals surface area contributed by atoms with Gasteiger partial charge in [0.25, 0.3) is 0 Å². The molecule has 0 radical (unpaired) electrons. The van der Waals surface area contributed by atoms with Crippen molar-refractivity contribution in [2.75, 3.05) is 19.6 Å². The molecule has 128 valence electrons. The molecular formula is C18H27BrN2O2. The third-order valence-electron chi connectivity index (χ3n) is 4.09. The van der Waals surface area contributed by atoms with Crippen molar-refractivity contribution in [3.63, 3.8) is 0 Å². The topological polar surface area (TPSA) is 32.8 Å². The molecular weight excluding hydrogens is 356 g/mol. The van der Waals surface area contributed by atoms with Gasteiger partial charge in [-0.1, -0.05) is 22.0 Å². The number of carbonyl (C=O) groups is 1. The number of hydrogen-bond donors (Lipinski definition) is 0. The van der Waals surface area contributed by atoms with Gasteiger partial charge in [0.1, 0.15) is 5.60 Å². The van der Waals surface area contributed by atoms with Gasteiger partial charge in [-0.3, -0.25) is 4.90 Å². The lowest BCUT2D eigenvalue weighted by Gasteiger charge is -2.40. The lowest BCUT2D eigenvalue weighted by molar-refractivity contribution is 0.00458. The van der Waals surface area contributed by atoms with Gasteiger partial charge in [-0.2, -0.15) is 0 Å². The zero-order valence-corrected chi connectivity index (χ0v) is 16.3. The number of halogens is 1. The predicted octanol–water partition coefficient (Wildman–Crippen LogP) is 4.20. The monoisotopic (exact) mass is 382 g/mol. The van der Waals surface area contributed by atoms with Crippen molar-refractivity contribution in [3.05, 3.63) is 33.8 Å². The highest BCUT2D eigenvalue weighted by Gasteiger charge is 2.29.